The Hall–Kier alpha value is -6.68. The Bertz CT molecular complexity index is 3170. The van der Waals surface area contributed by atoms with Crippen molar-refractivity contribution < 1.29 is 0 Å². The van der Waals surface area contributed by atoms with Gasteiger partial charge < -0.3 is 9.47 Å². The maximum absolute atomic E-state index is 2.41. The molecule has 0 saturated carbocycles. The van der Waals surface area contributed by atoms with Gasteiger partial charge in [-0.3, -0.25) is 0 Å². The van der Waals surface area contributed by atoms with Gasteiger partial charge in [0.15, 0.2) is 0 Å². The van der Waals surface area contributed by atoms with Crippen molar-refractivity contribution in [2.24, 2.45) is 0 Å². The zero-order valence-corrected chi connectivity index (χ0v) is 29.6. The maximum atomic E-state index is 2.41. The third-order valence-electron chi connectivity index (χ3n) is 10.8. The molecule has 0 saturated heterocycles. The predicted molar refractivity (Wildman–Crippen MR) is 229 cm³/mol. The molecule has 0 amide bonds. The molecule has 9 aromatic carbocycles. The van der Waals surface area contributed by atoms with E-state index in [-0.39, 0.29) is 0 Å². The molecular formula is C50H32N2S. The van der Waals surface area contributed by atoms with Crippen molar-refractivity contribution in [3.8, 4) is 16.8 Å². The summed E-state index contributed by atoms with van der Waals surface area (Å²) in [4.78, 5) is 2.41. The monoisotopic (exact) mass is 692 g/mol. The summed E-state index contributed by atoms with van der Waals surface area (Å²) in [6.07, 6.45) is 0. The fourth-order valence-electron chi connectivity index (χ4n) is 8.24. The lowest BCUT2D eigenvalue weighted by molar-refractivity contribution is 1.18. The van der Waals surface area contributed by atoms with Gasteiger partial charge >= 0.3 is 0 Å². The van der Waals surface area contributed by atoms with Gasteiger partial charge in [-0.2, -0.15) is 0 Å². The van der Waals surface area contributed by atoms with Crippen LogP contribution in [-0.2, 0) is 0 Å². The Morgan fingerprint density at radius 2 is 0.925 bits per heavy atom. The molecule has 0 atom stereocenters. The van der Waals surface area contributed by atoms with Gasteiger partial charge in [0.1, 0.15) is 0 Å². The van der Waals surface area contributed by atoms with E-state index >= 15 is 0 Å². The molecule has 0 radical (unpaired) electrons. The molecule has 3 heteroatoms. The van der Waals surface area contributed by atoms with E-state index in [4.69, 9.17) is 0 Å². The number of nitrogens with zero attached hydrogens (tertiary/aromatic N) is 2. The first-order chi connectivity index (χ1) is 26.3. The second kappa shape index (κ2) is 11.9. The fraction of sp³-hybridized carbons (Fsp3) is 0. The van der Waals surface area contributed by atoms with Crippen LogP contribution in [0, 0.1) is 0 Å². The van der Waals surface area contributed by atoms with Crippen LogP contribution in [-0.4, -0.2) is 4.57 Å². The summed E-state index contributed by atoms with van der Waals surface area (Å²) >= 11 is 1.86. The lowest BCUT2D eigenvalue weighted by Gasteiger charge is -2.26. The fourth-order valence-corrected chi connectivity index (χ4v) is 9.33. The number of anilines is 3. The molecule has 0 bridgehead atoms. The van der Waals surface area contributed by atoms with E-state index in [1.807, 2.05) is 11.3 Å². The van der Waals surface area contributed by atoms with Crippen molar-refractivity contribution in [1.29, 1.82) is 0 Å². The third kappa shape index (κ3) is 4.86. The predicted octanol–water partition coefficient (Wildman–Crippen LogP) is 14.6. The molecular weight excluding hydrogens is 661 g/mol. The van der Waals surface area contributed by atoms with Gasteiger partial charge in [-0.1, -0.05) is 115 Å². The summed E-state index contributed by atoms with van der Waals surface area (Å²) < 4.78 is 5.03. The number of rotatable bonds is 5. The van der Waals surface area contributed by atoms with E-state index in [1.165, 1.54) is 74.6 Å². The number of para-hydroxylation sites is 2. The molecule has 11 aromatic rings. The Kier molecular flexibility index (Phi) is 6.76. The highest BCUT2D eigenvalue weighted by Gasteiger charge is 2.18. The average Bonchev–Trinajstić information content (AvgIpc) is 3.77. The Morgan fingerprint density at radius 1 is 0.340 bits per heavy atom. The highest BCUT2D eigenvalue weighted by molar-refractivity contribution is 7.25. The molecule has 0 N–H and O–H groups in total. The molecule has 2 aromatic heterocycles. The van der Waals surface area contributed by atoms with Crippen LogP contribution in [0.3, 0.4) is 0 Å². The first-order valence-electron chi connectivity index (χ1n) is 18.1. The Morgan fingerprint density at radius 3 is 1.77 bits per heavy atom. The van der Waals surface area contributed by atoms with Crippen molar-refractivity contribution in [2.45, 2.75) is 0 Å². The zero-order valence-electron chi connectivity index (χ0n) is 28.8. The first kappa shape index (κ1) is 30.0. The van der Waals surface area contributed by atoms with E-state index in [9.17, 15) is 0 Å². The largest absolute Gasteiger partial charge is 0.310 e. The molecule has 0 aliphatic heterocycles. The van der Waals surface area contributed by atoms with Gasteiger partial charge in [0.25, 0.3) is 0 Å². The normalized spacial score (nSPS) is 11.8. The van der Waals surface area contributed by atoms with Gasteiger partial charge in [0.2, 0.25) is 0 Å². The van der Waals surface area contributed by atoms with Crippen LogP contribution >= 0.6 is 11.3 Å². The highest BCUT2D eigenvalue weighted by Crippen LogP contribution is 2.42. The minimum absolute atomic E-state index is 1.11. The van der Waals surface area contributed by atoms with Crippen molar-refractivity contribution >= 4 is 91.9 Å². The van der Waals surface area contributed by atoms with Gasteiger partial charge in [-0.25, -0.2) is 0 Å². The van der Waals surface area contributed by atoms with E-state index < -0.39 is 0 Å². The molecule has 0 unspecified atom stereocenters. The van der Waals surface area contributed by atoms with Crippen LogP contribution in [0.15, 0.2) is 194 Å². The number of fused-ring (bicyclic) bond motifs is 9. The number of thiophene rings is 1. The Balaban J connectivity index is 1.10. The van der Waals surface area contributed by atoms with Crippen LogP contribution in [0.25, 0.3) is 80.3 Å². The molecule has 248 valence electrons. The summed E-state index contributed by atoms with van der Waals surface area (Å²) in [5.41, 5.74) is 9.34. The van der Waals surface area contributed by atoms with Gasteiger partial charge in [0, 0.05) is 53.7 Å². The molecule has 11 rings (SSSR count). The maximum Gasteiger partial charge on any atom is 0.0542 e. The van der Waals surface area contributed by atoms with Crippen LogP contribution in [0.1, 0.15) is 0 Å². The van der Waals surface area contributed by atoms with Crippen LogP contribution in [0.5, 0.6) is 0 Å². The standard InChI is InChI=1S/C50H32N2S/c1-2-11-37(12-3-1)52-47-16-8-6-14-42(47)45-32-40(27-28-48(45)52)51(39-26-22-35-19-18-34-10-4-5-13-41(34)44(35)31-39)38-24-20-33(21-25-38)36-23-29-50-46(30-36)43-15-7-9-17-49(43)53-50/h1-32H. The van der Waals surface area contributed by atoms with Gasteiger partial charge in [-0.15, -0.1) is 11.3 Å². The minimum atomic E-state index is 1.11. The van der Waals surface area contributed by atoms with Crippen molar-refractivity contribution in [3.63, 3.8) is 0 Å². The van der Waals surface area contributed by atoms with E-state index in [0.717, 1.165) is 22.7 Å². The highest BCUT2D eigenvalue weighted by atomic mass is 32.1. The Labute approximate surface area is 311 Å². The topological polar surface area (TPSA) is 8.17 Å². The quantitative estimate of drug-likeness (QED) is 0.163. The number of hydrogen-bond donors (Lipinski definition) is 0. The van der Waals surface area contributed by atoms with Crippen LogP contribution in [0.4, 0.5) is 17.1 Å². The van der Waals surface area contributed by atoms with Gasteiger partial charge in [-0.05, 0) is 112 Å². The third-order valence-corrected chi connectivity index (χ3v) is 11.9. The van der Waals surface area contributed by atoms with E-state index in [0.29, 0.717) is 0 Å². The number of hydrogen-bond acceptors (Lipinski definition) is 2. The molecule has 2 heterocycles. The first-order valence-corrected chi connectivity index (χ1v) is 18.9. The molecule has 0 fully saturated rings. The molecule has 53 heavy (non-hydrogen) atoms. The second-order valence-corrected chi connectivity index (χ2v) is 14.9. The van der Waals surface area contributed by atoms with Crippen molar-refractivity contribution in [3.05, 3.63) is 194 Å². The SMILES string of the molecule is c1ccc(-n2c3ccccc3c3cc(N(c4ccc(-c5ccc6sc7ccccc7c6c5)cc4)c4ccc5ccc6ccccc6c5c4)ccc32)cc1. The molecule has 2 nitrogen and oxygen atoms in total. The average molecular weight is 693 g/mol. The number of benzene rings is 9. The second-order valence-electron chi connectivity index (χ2n) is 13.8. The van der Waals surface area contributed by atoms with Crippen LogP contribution in [0.2, 0.25) is 0 Å². The summed E-state index contributed by atoms with van der Waals surface area (Å²) in [6.45, 7) is 0. The summed E-state index contributed by atoms with van der Waals surface area (Å²) in [5.74, 6) is 0. The molecule has 0 aliphatic rings. The van der Waals surface area contributed by atoms with E-state index in [2.05, 4.69) is 204 Å². The van der Waals surface area contributed by atoms with Crippen molar-refractivity contribution in [2.75, 3.05) is 4.90 Å². The van der Waals surface area contributed by atoms with Gasteiger partial charge in [0.05, 0.1) is 11.0 Å². The summed E-state index contributed by atoms with van der Waals surface area (Å²) in [5, 5.41) is 10.1. The summed E-state index contributed by atoms with van der Waals surface area (Å²) in [6, 6.07) is 71.1. The lowest BCUT2D eigenvalue weighted by Crippen LogP contribution is -2.10. The lowest BCUT2D eigenvalue weighted by atomic mass is 10.00. The van der Waals surface area contributed by atoms with Crippen LogP contribution < -0.4 is 4.90 Å². The molecule has 0 spiro atoms. The summed E-state index contributed by atoms with van der Waals surface area (Å²) in [7, 11) is 0. The zero-order chi connectivity index (χ0) is 34.9. The molecule has 0 aliphatic carbocycles. The number of aromatic nitrogens is 1. The van der Waals surface area contributed by atoms with E-state index in [1.54, 1.807) is 0 Å². The minimum Gasteiger partial charge on any atom is -0.310 e. The van der Waals surface area contributed by atoms with Crippen molar-refractivity contribution in [1.82, 2.24) is 4.57 Å². The smallest absolute Gasteiger partial charge is 0.0542 e.